The highest BCUT2D eigenvalue weighted by molar-refractivity contribution is 5.76. The molecule has 13 heavy (non-hydrogen) atoms. The van der Waals surface area contributed by atoms with Crippen molar-refractivity contribution in [1.29, 1.82) is 0 Å². The van der Waals surface area contributed by atoms with Crippen LogP contribution in [0, 0.1) is 17.8 Å². The molecule has 0 aromatic carbocycles. The minimum absolute atomic E-state index is 0.0312. The van der Waals surface area contributed by atoms with E-state index in [0.29, 0.717) is 11.8 Å². The molecular formula is C11H23NO. The third-order valence-electron chi connectivity index (χ3n) is 2.55. The Hall–Kier alpha value is -0.530. The summed E-state index contributed by atoms with van der Waals surface area (Å²) in [5.74, 6) is 1.23. The van der Waals surface area contributed by atoms with Crippen molar-refractivity contribution >= 4 is 5.91 Å². The summed E-state index contributed by atoms with van der Waals surface area (Å²) in [6, 6.07) is 0. The van der Waals surface area contributed by atoms with Crippen molar-refractivity contribution < 1.29 is 4.79 Å². The zero-order chi connectivity index (χ0) is 10.4. The summed E-state index contributed by atoms with van der Waals surface area (Å²) in [4.78, 5) is 10.9. The maximum Gasteiger partial charge on any atom is 0.220 e. The van der Waals surface area contributed by atoms with E-state index in [1.165, 1.54) is 6.42 Å². The number of hydrogen-bond acceptors (Lipinski definition) is 1. The summed E-state index contributed by atoms with van der Waals surface area (Å²) in [5.41, 5.74) is 5.23. The number of carbonyl (C=O) groups is 1. The van der Waals surface area contributed by atoms with Crippen molar-refractivity contribution in [3.63, 3.8) is 0 Å². The highest BCUT2D eigenvalue weighted by Gasteiger charge is 2.16. The molecule has 2 nitrogen and oxygen atoms in total. The fraction of sp³-hybridized carbons (Fsp3) is 0.909. The average Bonchev–Trinajstić information content (AvgIpc) is 2.02. The van der Waals surface area contributed by atoms with Crippen LogP contribution >= 0.6 is 0 Å². The predicted octanol–water partition coefficient (Wildman–Crippen LogP) is 2.57. The largest absolute Gasteiger partial charge is 0.369 e. The predicted molar refractivity (Wildman–Crippen MR) is 56.2 cm³/mol. The molecule has 0 aliphatic rings. The molecular weight excluding hydrogens is 162 g/mol. The number of hydrogen-bond donors (Lipinski definition) is 1. The summed E-state index contributed by atoms with van der Waals surface area (Å²) in [7, 11) is 0. The van der Waals surface area contributed by atoms with Crippen molar-refractivity contribution in [3.05, 3.63) is 0 Å². The molecule has 0 fully saturated rings. The van der Waals surface area contributed by atoms with Gasteiger partial charge in [0.2, 0.25) is 5.91 Å². The molecule has 0 aliphatic carbocycles. The first-order valence-electron chi connectivity index (χ1n) is 5.26. The van der Waals surface area contributed by atoms with Crippen molar-refractivity contribution in [1.82, 2.24) is 0 Å². The molecule has 0 aromatic rings. The standard InChI is InChI=1S/C11H23NO/c1-5-10(6-8(2)3)7-9(4)11(12)13/h8-10H,5-7H2,1-4H3,(H2,12,13). The molecule has 0 saturated heterocycles. The first-order chi connectivity index (χ1) is 5.97. The third kappa shape index (κ3) is 5.67. The average molecular weight is 185 g/mol. The Morgan fingerprint density at radius 1 is 1.23 bits per heavy atom. The van der Waals surface area contributed by atoms with Crippen LogP contribution in [0.15, 0.2) is 0 Å². The number of amides is 1. The molecule has 2 unspecified atom stereocenters. The van der Waals surface area contributed by atoms with Crippen LogP contribution < -0.4 is 5.73 Å². The second kappa shape index (κ2) is 6.01. The van der Waals surface area contributed by atoms with Gasteiger partial charge in [-0.05, 0) is 24.7 Å². The van der Waals surface area contributed by atoms with Gasteiger partial charge >= 0.3 is 0 Å². The molecule has 0 rings (SSSR count). The fourth-order valence-corrected chi connectivity index (χ4v) is 1.71. The SMILES string of the molecule is CCC(CC(C)C)CC(C)C(N)=O. The van der Waals surface area contributed by atoms with Crippen molar-refractivity contribution in [3.8, 4) is 0 Å². The highest BCUT2D eigenvalue weighted by Crippen LogP contribution is 2.22. The van der Waals surface area contributed by atoms with Gasteiger partial charge in [-0.3, -0.25) is 4.79 Å². The van der Waals surface area contributed by atoms with E-state index in [4.69, 9.17) is 5.73 Å². The summed E-state index contributed by atoms with van der Waals surface area (Å²) in [6.07, 6.45) is 3.30. The molecule has 0 aromatic heterocycles. The van der Waals surface area contributed by atoms with E-state index in [9.17, 15) is 4.79 Å². The molecule has 2 heteroatoms. The van der Waals surface area contributed by atoms with Gasteiger partial charge in [-0.1, -0.05) is 34.1 Å². The second-order valence-corrected chi connectivity index (χ2v) is 4.44. The molecule has 0 saturated carbocycles. The molecule has 2 atom stereocenters. The van der Waals surface area contributed by atoms with Crippen LogP contribution in [-0.2, 0) is 4.79 Å². The molecule has 0 spiro atoms. The van der Waals surface area contributed by atoms with Gasteiger partial charge in [-0.2, -0.15) is 0 Å². The first-order valence-corrected chi connectivity index (χ1v) is 5.26. The van der Waals surface area contributed by atoms with E-state index in [-0.39, 0.29) is 11.8 Å². The molecule has 2 N–H and O–H groups in total. The van der Waals surface area contributed by atoms with E-state index in [1.54, 1.807) is 0 Å². The Kier molecular flexibility index (Phi) is 5.76. The molecule has 0 heterocycles. The number of nitrogens with two attached hydrogens (primary N) is 1. The van der Waals surface area contributed by atoms with Gasteiger partial charge in [-0.15, -0.1) is 0 Å². The Morgan fingerprint density at radius 2 is 1.77 bits per heavy atom. The Balaban J connectivity index is 3.90. The lowest BCUT2D eigenvalue weighted by Gasteiger charge is -2.19. The van der Waals surface area contributed by atoms with Crippen molar-refractivity contribution in [2.75, 3.05) is 0 Å². The van der Waals surface area contributed by atoms with Gasteiger partial charge in [-0.25, -0.2) is 0 Å². The highest BCUT2D eigenvalue weighted by atomic mass is 16.1. The van der Waals surface area contributed by atoms with E-state index in [1.807, 2.05) is 6.92 Å². The minimum Gasteiger partial charge on any atom is -0.369 e. The van der Waals surface area contributed by atoms with Crippen molar-refractivity contribution in [2.24, 2.45) is 23.5 Å². The van der Waals surface area contributed by atoms with Gasteiger partial charge in [0.05, 0.1) is 0 Å². The molecule has 0 bridgehead atoms. The normalized spacial score (nSPS) is 15.8. The van der Waals surface area contributed by atoms with Gasteiger partial charge < -0.3 is 5.73 Å². The van der Waals surface area contributed by atoms with Gasteiger partial charge in [0.25, 0.3) is 0 Å². The smallest absolute Gasteiger partial charge is 0.220 e. The first kappa shape index (κ1) is 12.5. The lowest BCUT2D eigenvalue weighted by molar-refractivity contribution is -0.121. The zero-order valence-electron chi connectivity index (χ0n) is 9.34. The van der Waals surface area contributed by atoms with Crippen LogP contribution in [0.2, 0.25) is 0 Å². The summed E-state index contributed by atoms with van der Waals surface area (Å²) >= 11 is 0. The van der Waals surface area contributed by atoms with Crippen LogP contribution in [-0.4, -0.2) is 5.91 Å². The van der Waals surface area contributed by atoms with Crippen LogP contribution in [0.1, 0.15) is 47.0 Å². The van der Waals surface area contributed by atoms with Crippen LogP contribution in [0.3, 0.4) is 0 Å². The van der Waals surface area contributed by atoms with Crippen molar-refractivity contribution in [2.45, 2.75) is 47.0 Å². The monoisotopic (exact) mass is 185 g/mol. The maximum atomic E-state index is 10.9. The van der Waals surface area contributed by atoms with Crippen LogP contribution in [0.4, 0.5) is 0 Å². The third-order valence-corrected chi connectivity index (χ3v) is 2.55. The fourth-order valence-electron chi connectivity index (χ4n) is 1.71. The Labute approximate surface area is 81.9 Å². The van der Waals surface area contributed by atoms with Gasteiger partial charge in [0.1, 0.15) is 0 Å². The maximum absolute atomic E-state index is 10.9. The van der Waals surface area contributed by atoms with E-state index < -0.39 is 0 Å². The lowest BCUT2D eigenvalue weighted by atomic mass is 9.87. The van der Waals surface area contributed by atoms with E-state index in [0.717, 1.165) is 12.8 Å². The topological polar surface area (TPSA) is 43.1 Å². The zero-order valence-corrected chi connectivity index (χ0v) is 9.34. The quantitative estimate of drug-likeness (QED) is 0.679. The Morgan fingerprint density at radius 3 is 2.08 bits per heavy atom. The summed E-state index contributed by atoms with van der Waals surface area (Å²) < 4.78 is 0. The second-order valence-electron chi connectivity index (χ2n) is 4.44. The molecule has 0 aliphatic heterocycles. The summed E-state index contributed by atoms with van der Waals surface area (Å²) in [6.45, 7) is 8.54. The molecule has 0 radical (unpaired) electrons. The molecule has 1 amide bonds. The van der Waals surface area contributed by atoms with Gasteiger partial charge in [0.15, 0.2) is 0 Å². The number of rotatable bonds is 6. The van der Waals surface area contributed by atoms with Crippen LogP contribution in [0.25, 0.3) is 0 Å². The Bertz CT molecular complexity index is 154. The van der Waals surface area contributed by atoms with E-state index in [2.05, 4.69) is 20.8 Å². The molecule has 78 valence electrons. The number of primary amides is 1. The van der Waals surface area contributed by atoms with E-state index >= 15 is 0 Å². The van der Waals surface area contributed by atoms with Crippen LogP contribution in [0.5, 0.6) is 0 Å². The van der Waals surface area contributed by atoms with Gasteiger partial charge in [0, 0.05) is 5.92 Å². The summed E-state index contributed by atoms with van der Waals surface area (Å²) in [5, 5.41) is 0. The minimum atomic E-state index is -0.165. The lowest BCUT2D eigenvalue weighted by Crippen LogP contribution is -2.23. The number of carbonyl (C=O) groups excluding carboxylic acids is 1.